The highest BCUT2D eigenvalue weighted by molar-refractivity contribution is 5.86. The van der Waals surface area contributed by atoms with E-state index in [1.807, 2.05) is 16.4 Å². The van der Waals surface area contributed by atoms with E-state index in [1.54, 1.807) is 12.3 Å². The van der Waals surface area contributed by atoms with E-state index in [4.69, 9.17) is 4.52 Å². The van der Waals surface area contributed by atoms with Gasteiger partial charge >= 0.3 is 0 Å². The van der Waals surface area contributed by atoms with Gasteiger partial charge in [-0.2, -0.15) is 4.98 Å². The summed E-state index contributed by atoms with van der Waals surface area (Å²) in [4.78, 5) is 19.6. The van der Waals surface area contributed by atoms with Crippen molar-refractivity contribution in [3.8, 4) is 22.8 Å². The Balaban J connectivity index is 1.61. The van der Waals surface area contributed by atoms with Gasteiger partial charge in [0.25, 0.3) is 5.89 Å². The number of aromatic nitrogens is 3. The van der Waals surface area contributed by atoms with Crippen LogP contribution in [-0.2, 0) is 6.54 Å². The molecule has 4 aromatic rings. The van der Waals surface area contributed by atoms with Gasteiger partial charge in [0.15, 0.2) is 0 Å². The van der Waals surface area contributed by atoms with Crippen molar-refractivity contribution in [1.29, 1.82) is 0 Å². The molecule has 0 radical (unpaired) electrons. The lowest BCUT2D eigenvalue weighted by Gasteiger charge is -2.29. The maximum Gasteiger partial charge on any atom is 0.263 e. The minimum Gasteiger partial charge on any atom is -0.369 e. The van der Waals surface area contributed by atoms with Crippen LogP contribution in [0.15, 0.2) is 51.9 Å². The molecule has 0 spiro atoms. The number of hydrogen-bond donors (Lipinski definition) is 0. The largest absolute Gasteiger partial charge is 0.369 e. The van der Waals surface area contributed by atoms with E-state index in [1.165, 1.54) is 30.3 Å². The zero-order chi connectivity index (χ0) is 22.2. The van der Waals surface area contributed by atoms with Crippen molar-refractivity contribution < 1.29 is 13.3 Å². The molecule has 0 unspecified atom stereocenters. The average Bonchev–Trinajstić information content (AvgIpc) is 3.30. The summed E-state index contributed by atoms with van der Waals surface area (Å²) in [7, 11) is 0. The van der Waals surface area contributed by atoms with Gasteiger partial charge in [0.1, 0.15) is 17.2 Å². The topological polar surface area (TPSA) is 64.2 Å². The van der Waals surface area contributed by atoms with Crippen LogP contribution in [0, 0.1) is 11.6 Å². The quantitative estimate of drug-likeness (QED) is 0.450. The van der Waals surface area contributed by atoms with E-state index in [-0.39, 0.29) is 33.9 Å². The third-order valence-corrected chi connectivity index (χ3v) is 5.95. The van der Waals surface area contributed by atoms with Gasteiger partial charge in [0, 0.05) is 36.8 Å². The minimum absolute atomic E-state index is 0.0407. The second-order valence-corrected chi connectivity index (χ2v) is 7.96. The molecule has 1 aliphatic rings. The SMILES string of the molecule is CCn1cc(-c2nc(-c3ccc(F)cc3)no2)c(=O)c2cc(F)c(N3CCCCC3)cc21. The molecule has 1 fully saturated rings. The van der Waals surface area contributed by atoms with Crippen LogP contribution in [0.25, 0.3) is 33.7 Å². The number of nitrogens with zero attached hydrogens (tertiary/aromatic N) is 4. The lowest BCUT2D eigenvalue weighted by molar-refractivity contribution is 0.431. The van der Waals surface area contributed by atoms with Crippen LogP contribution < -0.4 is 10.3 Å². The number of rotatable bonds is 4. The lowest BCUT2D eigenvalue weighted by atomic mass is 10.1. The van der Waals surface area contributed by atoms with Gasteiger partial charge in [-0.15, -0.1) is 0 Å². The molecule has 32 heavy (non-hydrogen) atoms. The smallest absolute Gasteiger partial charge is 0.263 e. The van der Waals surface area contributed by atoms with Gasteiger partial charge in [-0.25, -0.2) is 8.78 Å². The molecule has 1 saturated heterocycles. The number of piperidine rings is 1. The monoisotopic (exact) mass is 436 g/mol. The normalized spacial score (nSPS) is 14.3. The van der Waals surface area contributed by atoms with Crippen molar-refractivity contribution in [3.63, 3.8) is 0 Å². The van der Waals surface area contributed by atoms with Crippen LogP contribution in [0.3, 0.4) is 0 Å². The molecule has 164 valence electrons. The molecule has 0 amide bonds. The molecule has 8 heteroatoms. The molecule has 2 aromatic carbocycles. The summed E-state index contributed by atoms with van der Waals surface area (Å²) >= 11 is 0. The summed E-state index contributed by atoms with van der Waals surface area (Å²) in [5.74, 6) is -0.495. The lowest BCUT2D eigenvalue weighted by Crippen LogP contribution is -2.30. The summed E-state index contributed by atoms with van der Waals surface area (Å²) in [5, 5.41) is 4.19. The third kappa shape index (κ3) is 3.55. The molecule has 2 aromatic heterocycles. The van der Waals surface area contributed by atoms with Gasteiger partial charge in [-0.05, 0) is 62.6 Å². The van der Waals surface area contributed by atoms with E-state index < -0.39 is 5.82 Å². The van der Waals surface area contributed by atoms with Crippen LogP contribution in [0.4, 0.5) is 14.5 Å². The number of aryl methyl sites for hydroxylation is 1. The number of pyridine rings is 1. The Morgan fingerprint density at radius 2 is 1.81 bits per heavy atom. The number of hydrogen-bond acceptors (Lipinski definition) is 5. The number of fused-ring (bicyclic) bond motifs is 1. The predicted molar refractivity (Wildman–Crippen MR) is 119 cm³/mol. The van der Waals surface area contributed by atoms with Crippen LogP contribution in [-0.4, -0.2) is 27.8 Å². The standard InChI is InChI=1S/C24H22F2N4O2/c1-2-29-14-18(24-27-23(28-32-24)15-6-8-16(25)9-7-15)22(31)17-12-19(26)21(13-20(17)29)30-10-4-3-5-11-30/h6-9,12-14H,2-5,10-11H2,1H3. The predicted octanol–water partition coefficient (Wildman–Crippen LogP) is 5.01. The Morgan fingerprint density at radius 3 is 2.53 bits per heavy atom. The molecule has 0 N–H and O–H groups in total. The van der Waals surface area contributed by atoms with Crippen LogP contribution in [0.5, 0.6) is 0 Å². The van der Waals surface area contributed by atoms with Gasteiger partial charge in [-0.1, -0.05) is 5.16 Å². The fourth-order valence-corrected chi connectivity index (χ4v) is 4.24. The van der Waals surface area contributed by atoms with Crippen molar-refractivity contribution in [2.45, 2.75) is 32.7 Å². The van der Waals surface area contributed by atoms with Crippen molar-refractivity contribution in [1.82, 2.24) is 14.7 Å². The van der Waals surface area contributed by atoms with E-state index in [0.717, 1.165) is 32.4 Å². The van der Waals surface area contributed by atoms with E-state index in [0.29, 0.717) is 23.3 Å². The Bertz CT molecular complexity index is 1340. The van der Waals surface area contributed by atoms with E-state index in [2.05, 4.69) is 10.1 Å². The first-order valence-electron chi connectivity index (χ1n) is 10.8. The maximum atomic E-state index is 15.0. The van der Waals surface area contributed by atoms with Crippen molar-refractivity contribution in [2.24, 2.45) is 0 Å². The first-order chi connectivity index (χ1) is 15.5. The van der Waals surface area contributed by atoms with Crippen molar-refractivity contribution in [2.75, 3.05) is 18.0 Å². The summed E-state index contributed by atoms with van der Waals surface area (Å²) in [6.07, 6.45) is 4.89. The summed E-state index contributed by atoms with van der Waals surface area (Å²) in [6, 6.07) is 8.75. The molecule has 0 atom stereocenters. The van der Waals surface area contributed by atoms with Crippen LogP contribution in [0.2, 0.25) is 0 Å². The Kier molecular flexibility index (Phi) is 5.20. The first-order valence-corrected chi connectivity index (χ1v) is 10.8. The van der Waals surface area contributed by atoms with Gasteiger partial charge in [-0.3, -0.25) is 4.79 Å². The molecule has 0 saturated carbocycles. The van der Waals surface area contributed by atoms with Gasteiger partial charge < -0.3 is 14.0 Å². The zero-order valence-corrected chi connectivity index (χ0v) is 17.6. The van der Waals surface area contributed by atoms with Gasteiger partial charge in [0.05, 0.1) is 11.2 Å². The van der Waals surface area contributed by atoms with Crippen LogP contribution >= 0.6 is 0 Å². The number of benzene rings is 2. The maximum absolute atomic E-state index is 15.0. The molecule has 6 nitrogen and oxygen atoms in total. The Labute approximate surface area is 183 Å². The van der Waals surface area contributed by atoms with Crippen LogP contribution in [0.1, 0.15) is 26.2 Å². The third-order valence-electron chi connectivity index (χ3n) is 5.95. The minimum atomic E-state index is -0.408. The average molecular weight is 436 g/mol. The zero-order valence-electron chi connectivity index (χ0n) is 17.6. The highest BCUT2D eigenvalue weighted by Crippen LogP contribution is 2.29. The number of halogens is 2. The van der Waals surface area contributed by atoms with Gasteiger partial charge in [0.2, 0.25) is 11.3 Å². The fraction of sp³-hybridized carbons (Fsp3) is 0.292. The number of anilines is 1. The first kappa shape index (κ1) is 20.4. The second kappa shape index (κ2) is 8.18. The molecule has 5 rings (SSSR count). The molecule has 0 bridgehead atoms. The molecule has 0 aliphatic carbocycles. The van der Waals surface area contributed by atoms with Crippen molar-refractivity contribution >= 4 is 16.6 Å². The van der Waals surface area contributed by atoms with E-state index >= 15 is 4.39 Å². The Morgan fingerprint density at radius 1 is 1.06 bits per heavy atom. The summed E-state index contributed by atoms with van der Waals surface area (Å²) in [6.45, 7) is 4.15. The van der Waals surface area contributed by atoms with Crippen molar-refractivity contribution in [3.05, 3.63) is 64.5 Å². The summed E-state index contributed by atoms with van der Waals surface area (Å²) in [5.41, 5.74) is 1.59. The summed E-state index contributed by atoms with van der Waals surface area (Å²) < 4.78 is 35.5. The van der Waals surface area contributed by atoms with E-state index in [9.17, 15) is 9.18 Å². The fourth-order valence-electron chi connectivity index (χ4n) is 4.24. The molecular formula is C24H22F2N4O2. The molecule has 1 aliphatic heterocycles. The Hall–Kier alpha value is -3.55. The second-order valence-electron chi connectivity index (χ2n) is 7.96. The molecule has 3 heterocycles. The highest BCUT2D eigenvalue weighted by Gasteiger charge is 2.21. The molecular weight excluding hydrogens is 414 g/mol. The highest BCUT2D eigenvalue weighted by atomic mass is 19.1.